The van der Waals surface area contributed by atoms with Gasteiger partial charge >= 0.3 is 0 Å². The second-order valence-electron chi connectivity index (χ2n) is 4.94. The fourth-order valence-electron chi connectivity index (χ4n) is 2.75. The lowest BCUT2D eigenvalue weighted by molar-refractivity contribution is 0.122. The van der Waals surface area contributed by atoms with E-state index in [4.69, 9.17) is 4.74 Å². The van der Waals surface area contributed by atoms with Gasteiger partial charge in [0.1, 0.15) is 6.20 Å². The standard InChI is InChI=1S/C14H20N3O/c1-2-6-16(7-3-1)14-12-15-5-4-13(14)17-8-10-18-11-9-17/h4-5H,1-3,6-11H2. The van der Waals surface area contributed by atoms with Crippen LogP contribution in [0.2, 0.25) is 0 Å². The summed E-state index contributed by atoms with van der Waals surface area (Å²) in [5.74, 6) is 0. The number of nitrogens with zero attached hydrogens (tertiary/aromatic N) is 3. The van der Waals surface area contributed by atoms with Crippen molar-refractivity contribution in [2.75, 3.05) is 49.2 Å². The van der Waals surface area contributed by atoms with Gasteiger partial charge in [0, 0.05) is 32.4 Å². The van der Waals surface area contributed by atoms with Gasteiger partial charge in [-0.3, -0.25) is 4.98 Å². The summed E-state index contributed by atoms with van der Waals surface area (Å²) in [5, 5.41) is 0. The number of morpholine rings is 1. The van der Waals surface area contributed by atoms with E-state index in [9.17, 15) is 0 Å². The number of anilines is 2. The minimum Gasteiger partial charge on any atom is -0.378 e. The summed E-state index contributed by atoms with van der Waals surface area (Å²) in [7, 11) is 0. The van der Waals surface area contributed by atoms with Crippen molar-refractivity contribution in [1.82, 2.24) is 4.98 Å². The summed E-state index contributed by atoms with van der Waals surface area (Å²) in [6.07, 6.45) is 8.96. The molecule has 0 aromatic carbocycles. The van der Waals surface area contributed by atoms with E-state index in [1.807, 2.05) is 6.20 Å². The molecule has 0 aliphatic carbocycles. The molecule has 3 rings (SSSR count). The van der Waals surface area contributed by atoms with E-state index in [0.717, 1.165) is 39.4 Å². The Bertz CT molecular complexity index is 347. The highest BCUT2D eigenvalue weighted by Gasteiger charge is 2.19. The fraction of sp³-hybridized carbons (Fsp3) is 0.643. The third kappa shape index (κ3) is 2.43. The van der Waals surface area contributed by atoms with Gasteiger partial charge in [-0.15, -0.1) is 0 Å². The van der Waals surface area contributed by atoms with Crippen LogP contribution in [-0.2, 0) is 4.74 Å². The van der Waals surface area contributed by atoms with Crippen molar-refractivity contribution >= 4 is 11.4 Å². The lowest BCUT2D eigenvalue weighted by atomic mass is 10.1. The fourth-order valence-corrected chi connectivity index (χ4v) is 2.75. The molecule has 2 aliphatic heterocycles. The van der Waals surface area contributed by atoms with Crippen LogP contribution in [0.25, 0.3) is 0 Å². The zero-order chi connectivity index (χ0) is 12.2. The summed E-state index contributed by atoms with van der Waals surface area (Å²) >= 11 is 0. The van der Waals surface area contributed by atoms with Crippen LogP contribution in [0, 0.1) is 6.20 Å². The van der Waals surface area contributed by atoms with Crippen LogP contribution in [0.4, 0.5) is 11.4 Å². The highest BCUT2D eigenvalue weighted by Crippen LogP contribution is 2.30. The second kappa shape index (κ2) is 5.57. The molecule has 3 heterocycles. The van der Waals surface area contributed by atoms with Crippen LogP contribution in [0.3, 0.4) is 0 Å². The normalized spacial score (nSPS) is 21.1. The molecule has 1 radical (unpaired) electrons. The first kappa shape index (κ1) is 11.8. The van der Waals surface area contributed by atoms with Gasteiger partial charge in [0.2, 0.25) is 0 Å². The molecular weight excluding hydrogens is 226 g/mol. The molecule has 1 aromatic heterocycles. The van der Waals surface area contributed by atoms with Gasteiger partial charge in [-0.1, -0.05) is 0 Å². The summed E-state index contributed by atoms with van der Waals surface area (Å²) in [6, 6.07) is 2.12. The lowest BCUT2D eigenvalue weighted by Gasteiger charge is -2.35. The largest absolute Gasteiger partial charge is 0.378 e. The van der Waals surface area contributed by atoms with Crippen LogP contribution in [0.1, 0.15) is 19.3 Å². The lowest BCUT2D eigenvalue weighted by Crippen LogP contribution is -2.38. The molecule has 4 heteroatoms. The number of ether oxygens (including phenoxy) is 1. The summed E-state index contributed by atoms with van der Waals surface area (Å²) in [4.78, 5) is 9.02. The molecule has 0 bridgehead atoms. The zero-order valence-corrected chi connectivity index (χ0v) is 10.8. The number of aromatic nitrogens is 1. The van der Waals surface area contributed by atoms with E-state index in [0.29, 0.717) is 0 Å². The third-order valence-corrected chi connectivity index (χ3v) is 3.74. The van der Waals surface area contributed by atoms with Crippen molar-refractivity contribution in [3.05, 3.63) is 18.5 Å². The van der Waals surface area contributed by atoms with Crippen LogP contribution in [-0.4, -0.2) is 44.4 Å². The molecule has 0 saturated carbocycles. The molecule has 4 nitrogen and oxygen atoms in total. The van der Waals surface area contributed by atoms with Gasteiger partial charge in [-0.05, 0) is 25.3 Å². The molecule has 18 heavy (non-hydrogen) atoms. The highest BCUT2D eigenvalue weighted by molar-refractivity contribution is 5.69. The SMILES string of the molecule is [c]1nccc(N2CCOCC2)c1N1CCCCC1. The Hall–Kier alpha value is -1.29. The Kier molecular flexibility index (Phi) is 3.64. The average molecular weight is 246 g/mol. The van der Waals surface area contributed by atoms with Crippen LogP contribution in [0.5, 0.6) is 0 Å². The first-order chi connectivity index (χ1) is 8.95. The van der Waals surface area contributed by atoms with Crippen LogP contribution >= 0.6 is 0 Å². The first-order valence-electron chi connectivity index (χ1n) is 6.89. The maximum absolute atomic E-state index is 5.43. The highest BCUT2D eigenvalue weighted by atomic mass is 16.5. The minimum atomic E-state index is 0.821. The van der Waals surface area contributed by atoms with Crippen molar-refractivity contribution in [3.8, 4) is 0 Å². The molecule has 1 aromatic rings. The number of hydrogen-bond donors (Lipinski definition) is 0. The van der Waals surface area contributed by atoms with Crippen molar-refractivity contribution < 1.29 is 4.74 Å². The zero-order valence-electron chi connectivity index (χ0n) is 10.8. The third-order valence-electron chi connectivity index (χ3n) is 3.74. The van der Waals surface area contributed by atoms with Gasteiger partial charge in [-0.25, -0.2) is 0 Å². The molecule has 0 amide bonds. The quantitative estimate of drug-likeness (QED) is 0.794. The molecule has 97 valence electrons. The Morgan fingerprint density at radius 3 is 2.56 bits per heavy atom. The average Bonchev–Trinajstić information content (AvgIpc) is 2.49. The van der Waals surface area contributed by atoms with E-state index in [1.54, 1.807) is 0 Å². The van der Waals surface area contributed by atoms with E-state index >= 15 is 0 Å². The van der Waals surface area contributed by atoms with E-state index in [1.165, 1.54) is 30.6 Å². The second-order valence-corrected chi connectivity index (χ2v) is 4.94. The topological polar surface area (TPSA) is 28.6 Å². The molecule has 0 spiro atoms. The number of rotatable bonds is 2. The van der Waals surface area contributed by atoms with Gasteiger partial charge in [0.15, 0.2) is 0 Å². The van der Waals surface area contributed by atoms with Crippen molar-refractivity contribution in [1.29, 1.82) is 0 Å². The molecule has 0 unspecified atom stereocenters. The summed E-state index contributed by atoms with van der Waals surface area (Å²) < 4.78 is 5.43. The summed E-state index contributed by atoms with van der Waals surface area (Å²) in [6.45, 7) is 5.86. The molecule has 0 N–H and O–H groups in total. The van der Waals surface area contributed by atoms with E-state index in [2.05, 4.69) is 27.0 Å². The molecule has 2 aliphatic rings. The van der Waals surface area contributed by atoms with Gasteiger partial charge in [0.05, 0.1) is 24.6 Å². The van der Waals surface area contributed by atoms with Gasteiger partial charge < -0.3 is 14.5 Å². The van der Waals surface area contributed by atoms with Crippen LogP contribution in [0.15, 0.2) is 12.3 Å². The van der Waals surface area contributed by atoms with Crippen molar-refractivity contribution in [2.45, 2.75) is 19.3 Å². The number of pyridine rings is 1. The Morgan fingerprint density at radius 1 is 1.00 bits per heavy atom. The number of hydrogen-bond acceptors (Lipinski definition) is 4. The maximum Gasteiger partial charge on any atom is 0.116 e. The molecule has 2 fully saturated rings. The molecule has 0 atom stereocenters. The van der Waals surface area contributed by atoms with Gasteiger partial charge in [-0.2, -0.15) is 0 Å². The van der Waals surface area contributed by atoms with E-state index < -0.39 is 0 Å². The smallest absolute Gasteiger partial charge is 0.116 e. The van der Waals surface area contributed by atoms with Crippen molar-refractivity contribution in [3.63, 3.8) is 0 Å². The minimum absolute atomic E-state index is 0.821. The van der Waals surface area contributed by atoms with E-state index in [-0.39, 0.29) is 0 Å². The molecular formula is C14H20N3O. The predicted octanol–water partition coefficient (Wildman–Crippen LogP) is 1.71. The Morgan fingerprint density at radius 2 is 1.78 bits per heavy atom. The maximum atomic E-state index is 5.43. The first-order valence-corrected chi connectivity index (χ1v) is 6.89. The van der Waals surface area contributed by atoms with Crippen LogP contribution < -0.4 is 9.80 Å². The predicted molar refractivity (Wildman–Crippen MR) is 72.2 cm³/mol. The summed E-state index contributed by atoms with van der Waals surface area (Å²) in [5.41, 5.74) is 2.45. The Balaban J connectivity index is 1.83. The van der Waals surface area contributed by atoms with Crippen molar-refractivity contribution in [2.24, 2.45) is 0 Å². The van der Waals surface area contributed by atoms with Gasteiger partial charge in [0.25, 0.3) is 0 Å². The monoisotopic (exact) mass is 246 g/mol. The Labute approximate surface area is 109 Å². The molecule has 2 saturated heterocycles. The number of piperidine rings is 1.